The van der Waals surface area contributed by atoms with Crippen molar-refractivity contribution >= 4 is 0 Å². The molecule has 0 amide bonds. The Morgan fingerprint density at radius 1 is 1.33 bits per heavy atom. The Hall–Kier alpha value is -2.61. The van der Waals surface area contributed by atoms with Crippen LogP contribution in [0.2, 0.25) is 0 Å². The quantitative estimate of drug-likeness (QED) is 0.743. The molecule has 1 aliphatic rings. The van der Waals surface area contributed by atoms with Gasteiger partial charge in [0.05, 0.1) is 12.6 Å². The van der Waals surface area contributed by atoms with Crippen molar-refractivity contribution in [3.63, 3.8) is 0 Å². The standard InChI is InChI=1S/C16H16FN5O2/c1-9(18-8-13-20-21-16(23-13)10-5-6-10)15-19-14(22-24-15)11-3-2-4-12(17)7-11/h2-4,7,9-10,18H,5-6,8H2,1H3/t9-/m1/s1. The summed E-state index contributed by atoms with van der Waals surface area (Å²) in [4.78, 5) is 4.30. The summed E-state index contributed by atoms with van der Waals surface area (Å²) < 4.78 is 24.1. The average molecular weight is 329 g/mol. The largest absolute Gasteiger partial charge is 0.424 e. The Morgan fingerprint density at radius 3 is 3.00 bits per heavy atom. The van der Waals surface area contributed by atoms with Crippen LogP contribution in [0.25, 0.3) is 11.4 Å². The molecule has 7 nitrogen and oxygen atoms in total. The fourth-order valence-electron chi connectivity index (χ4n) is 2.32. The summed E-state index contributed by atoms with van der Waals surface area (Å²) in [6.45, 7) is 2.31. The molecule has 0 saturated heterocycles. The van der Waals surface area contributed by atoms with Gasteiger partial charge in [0.25, 0.3) is 0 Å². The third-order valence-corrected chi connectivity index (χ3v) is 3.86. The highest BCUT2D eigenvalue weighted by molar-refractivity contribution is 5.53. The highest BCUT2D eigenvalue weighted by atomic mass is 19.1. The molecule has 1 aromatic carbocycles. The van der Waals surface area contributed by atoms with Crippen LogP contribution >= 0.6 is 0 Å². The highest BCUT2D eigenvalue weighted by Gasteiger charge is 2.29. The van der Waals surface area contributed by atoms with Crippen LogP contribution in [0, 0.1) is 5.82 Å². The first-order valence-corrected chi connectivity index (χ1v) is 7.84. The first-order chi connectivity index (χ1) is 11.7. The number of hydrogen-bond acceptors (Lipinski definition) is 7. The summed E-state index contributed by atoms with van der Waals surface area (Å²) in [7, 11) is 0. The number of hydrogen-bond donors (Lipinski definition) is 1. The first-order valence-electron chi connectivity index (χ1n) is 7.84. The molecule has 0 bridgehead atoms. The molecule has 0 radical (unpaired) electrons. The summed E-state index contributed by atoms with van der Waals surface area (Å²) in [6.07, 6.45) is 2.24. The third kappa shape index (κ3) is 3.18. The second kappa shape index (κ2) is 6.12. The Morgan fingerprint density at radius 2 is 2.21 bits per heavy atom. The van der Waals surface area contributed by atoms with Crippen molar-refractivity contribution in [3.8, 4) is 11.4 Å². The second-order valence-electron chi connectivity index (χ2n) is 5.88. The smallest absolute Gasteiger partial charge is 0.243 e. The average Bonchev–Trinajstić information content (AvgIpc) is 3.13. The Labute approximate surface area is 137 Å². The van der Waals surface area contributed by atoms with Crippen molar-refractivity contribution in [3.05, 3.63) is 47.8 Å². The Kier molecular flexibility index (Phi) is 3.81. The van der Waals surface area contributed by atoms with Crippen LogP contribution < -0.4 is 5.32 Å². The molecule has 1 fully saturated rings. The summed E-state index contributed by atoms with van der Waals surface area (Å²) in [5.74, 6) is 2.11. The Bertz CT molecular complexity index is 842. The molecule has 24 heavy (non-hydrogen) atoms. The SMILES string of the molecule is C[C@@H](NCc1nnc(C2CC2)o1)c1nc(-c2cccc(F)c2)no1. The number of halogens is 1. The molecule has 8 heteroatoms. The van der Waals surface area contributed by atoms with E-state index in [1.807, 2.05) is 6.92 Å². The lowest BCUT2D eigenvalue weighted by Gasteiger charge is -2.06. The number of benzene rings is 1. The van der Waals surface area contributed by atoms with Crippen molar-refractivity contribution < 1.29 is 13.3 Å². The van der Waals surface area contributed by atoms with Gasteiger partial charge in [-0.25, -0.2) is 4.39 Å². The molecular formula is C16H16FN5O2. The molecule has 0 unspecified atom stereocenters. The zero-order valence-corrected chi connectivity index (χ0v) is 13.1. The number of aromatic nitrogens is 4. The zero-order valence-electron chi connectivity index (χ0n) is 13.1. The minimum Gasteiger partial charge on any atom is -0.424 e. The van der Waals surface area contributed by atoms with Gasteiger partial charge < -0.3 is 8.94 Å². The molecule has 124 valence electrons. The van der Waals surface area contributed by atoms with E-state index in [4.69, 9.17) is 8.94 Å². The van der Waals surface area contributed by atoms with Crippen LogP contribution in [-0.2, 0) is 6.54 Å². The van der Waals surface area contributed by atoms with Gasteiger partial charge >= 0.3 is 0 Å². The lowest BCUT2D eigenvalue weighted by atomic mass is 10.2. The lowest BCUT2D eigenvalue weighted by Crippen LogP contribution is -2.18. The van der Waals surface area contributed by atoms with Gasteiger partial charge in [0, 0.05) is 11.5 Å². The molecule has 0 aliphatic heterocycles. The van der Waals surface area contributed by atoms with Gasteiger partial charge in [-0.1, -0.05) is 17.3 Å². The predicted molar refractivity (Wildman–Crippen MR) is 81.2 cm³/mol. The van der Waals surface area contributed by atoms with Gasteiger partial charge in [-0.05, 0) is 31.9 Å². The van der Waals surface area contributed by atoms with Gasteiger partial charge in [0.1, 0.15) is 5.82 Å². The van der Waals surface area contributed by atoms with E-state index in [0.29, 0.717) is 41.5 Å². The summed E-state index contributed by atoms with van der Waals surface area (Å²) in [5.41, 5.74) is 0.572. The Balaban J connectivity index is 1.40. The minimum atomic E-state index is -0.340. The van der Waals surface area contributed by atoms with E-state index in [-0.39, 0.29) is 11.9 Å². The van der Waals surface area contributed by atoms with E-state index >= 15 is 0 Å². The maximum atomic E-state index is 13.3. The molecule has 3 aromatic rings. The number of nitrogens with one attached hydrogen (secondary N) is 1. The van der Waals surface area contributed by atoms with Gasteiger partial charge in [-0.3, -0.25) is 5.32 Å². The predicted octanol–water partition coefficient (Wildman–Crippen LogP) is 2.99. The fraction of sp³-hybridized carbons (Fsp3) is 0.375. The molecule has 4 rings (SSSR count). The van der Waals surface area contributed by atoms with E-state index < -0.39 is 0 Å². The highest BCUT2D eigenvalue weighted by Crippen LogP contribution is 2.39. The molecule has 0 spiro atoms. The zero-order chi connectivity index (χ0) is 16.5. The molecule has 1 N–H and O–H groups in total. The monoisotopic (exact) mass is 329 g/mol. The number of nitrogens with zero attached hydrogens (tertiary/aromatic N) is 4. The van der Waals surface area contributed by atoms with E-state index in [0.717, 1.165) is 12.8 Å². The van der Waals surface area contributed by atoms with Crippen molar-refractivity contribution in [1.82, 2.24) is 25.7 Å². The van der Waals surface area contributed by atoms with Crippen molar-refractivity contribution in [2.24, 2.45) is 0 Å². The number of rotatable bonds is 6. The van der Waals surface area contributed by atoms with Crippen LogP contribution in [0.5, 0.6) is 0 Å². The van der Waals surface area contributed by atoms with Gasteiger partial charge in [-0.2, -0.15) is 4.98 Å². The van der Waals surface area contributed by atoms with Gasteiger partial charge in [0.2, 0.25) is 23.5 Å². The third-order valence-electron chi connectivity index (χ3n) is 3.86. The van der Waals surface area contributed by atoms with Crippen LogP contribution in [0.3, 0.4) is 0 Å². The molecule has 1 aliphatic carbocycles. The second-order valence-corrected chi connectivity index (χ2v) is 5.88. The summed E-state index contributed by atoms with van der Waals surface area (Å²) >= 11 is 0. The lowest BCUT2D eigenvalue weighted by molar-refractivity contribution is 0.330. The van der Waals surface area contributed by atoms with Gasteiger partial charge in [-0.15, -0.1) is 10.2 Å². The van der Waals surface area contributed by atoms with E-state index in [2.05, 4.69) is 25.7 Å². The normalized spacial score (nSPS) is 15.6. The van der Waals surface area contributed by atoms with Crippen molar-refractivity contribution in [2.45, 2.75) is 38.3 Å². The van der Waals surface area contributed by atoms with E-state index in [9.17, 15) is 4.39 Å². The molecule has 2 heterocycles. The summed E-state index contributed by atoms with van der Waals surface area (Å²) in [6, 6.07) is 5.87. The minimum absolute atomic E-state index is 0.198. The topological polar surface area (TPSA) is 89.9 Å². The van der Waals surface area contributed by atoms with E-state index in [1.54, 1.807) is 12.1 Å². The maximum Gasteiger partial charge on any atom is 0.243 e. The van der Waals surface area contributed by atoms with Crippen molar-refractivity contribution in [2.75, 3.05) is 0 Å². The van der Waals surface area contributed by atoms with E-state index in [1.165, 1.54) is 12.1 Å². The van der Waals surface area contributed by atoms with Crippen LogP contribution in [0.4, 0.5) is 4.39 Å². The van der Waals surface area contributed by atoms with Crippen LogP contribution in [0.15, 0.2) is 33.2 Å². The first kappa shape index (κ1) is 14.9. The van der Waals surface area contributed by atoms with Crippen LogP contribution in [0.1, 0.15) is 49.4 Å². The van der Waals surface area contributed by atoms with Gasteiger partial charge in [0.15, 0.2) is 0 Å². The summed E-state index contributed by atoms with van der Waals surface area (Å²) in [5, 5.41) is 15.1. The molecular weight excluding hydrogens is 313 g/mol. The fourth-order valence-corrected chi connectivity index (χ4v) is 2.32. The van der Waals surface area contributed by atoms with Crippen LogP contribution in [-0.4, -0.2) is 20.3 Å². The molecule has 2 aromatic heterocycles. The molecule has 1 atom stereocenters. The molecule has 1 saturated carbocycles. The van der Waals surface area contributed by atoms with Crippen molar-refractivity contribution in [1.29, 1.82) is 0 Å². The maximum absolute atomic E-state index is 13.3.